The van der Waals surface area contributed by atoms with Crippen molar-refractivity contribution in [1.29, 1.82) is 0 Å². The number of phenolic OH excluding ortho intramolecular Hbond substituents is 2. The number of hydrogen-bond acceptors (Lipinski definition) is 3. The predicted molar refractivity (Wildman–Crippen MR) is 43.2 cm³/mol. The van der Waals surface area contributed by atoms with E-state index in [2.05, 4.69) is 0 Å². The Morgan fingerprint density at radius 3 is 1.25 bits per heavy atom. The van der Waals surface area contributed by atoms with E-state index in [0.717, 1.165) is 0 Å². The molecule has 1 aromatic carbocycles. The van der Waals surface area contributed by atoms with Gasteiger partial charge in [0, 0.05) is 0 Å². The molecule has 0 aliphatic heterocycles. The fourth-order valence-electron chi connectivity index (χ4n) is 0.453. The van der Waals surface area contributed by atoms with Gasteiger partial charge in [0.05, 0.1) is 0 Å². The number of hydrogen-bond donors (Lipinski definition) is 4. The van der Waals surface area contributed by atoms with Gasteiger partial charge >= 0.3 is 0 Å². The third kappa shape index (κ3) is 7.00. The molecule has 0 fully saturated rings. The van der Waals surface area contributed by atoms with Crippen LogP contribution in [-0.2, 0) is 11.4 Å². The average molecular weight is 192 g/mol. The second-order valence-corrected chi connectivity index (χ2v) is 2.21. The summed E-state index contributed by atoms with van der Waals surface area (Å²) in [5.74, 6) is 0.339. The van der Waals surface area contributed by atoms with Crippen LogP contribution in [0.25, 0.3) is 0 Å². The Morgan fingerprint density at radius 2 is 1.08 bits per heavy atom. The summed E-state index contributed by atoms with van der Waals surface area (Å²) < 4.78 is 22.8. The van der Waals surface area contributed by atoms with E-state index in [0.29, 0.717) is 0 Å². The maximum atomic E-state index is 8.67. The lowest BCUT2D eigenvalue weighted by molar-refractivity contribution is 0.454. The van der Waals surface area contributed by atoms with E-state index >= 15 is 0 Å². The highest BCUT2D eigenvalue weighted by atomic mass is 32.2. The molecule has 4 N–H and O–H groups in total. The number of benzene rings is 1. The van der Waals surface area contributed by atoms with Crippen LogP contribution in [0.2, 0.25) is 0 Å². The van der Waals surface area contributed by atoms with Gasteiger partial charge < -0.3 is 10.2 Å². The van der Waals surface area contributed by atoms with Crippen molar-refractivity contribution < 1.29 is 23.5 Å². The lowest BCUT2D eigenvalue weighted by Gasteiger charge is -1.88. The molecule has 0 spiro atoms. The molecule has 1 rings (SSSR count). The Balaban J connectivity index is 0.000000261. The summed E-state index contributed by atoms with van der Waals surface area (Å²) in [5.41, 5.74) is 0. The van der Waals surface area contributed by atoms with Crippen molar-refractivity contribution in [2.75, 3.05) is 0 Å². The number of phenols is 2. The van der Waals surface area contributed by atoms with E-state index in [4.69, 9.17) is 23.5 Å². The van der Waals surface area contributed by atoms with Gasteiger partial charge in [-0.1, -0.05) is 0 Å². The molecular weight excluding hydrogens is 184 g/mol. The van der Waals surface area contributed by atoms with Crippen molar-refractivity contribution in [2.45, 2.75) is 0 Å². The van der Waals surface area contributed by atoms with Gasteiger partial charge in [-0.05, 0) is 24.3 Å². The summed E-state index contributed by atoms with van der Waals surface area (Å²) in [6, 6.07) is 5.70. The fraction of sp³-hybridized carbons (Fsp3) is 0. The molecular formula is C6H8O5S. The third-order valence-corrected chi connectivity index (χ3v) is 0.850. The summed E-state index contributed by atoms with van der Waals surface area (Å²) in [6.07, 6.45) is 0. The van der Waals surface area contributed by atoms with Crippen LogP contribution < -0.4 is 0 Å². The molecule has 0 saturated heterocycles. The normalized spacial score (nSPS) is 8.92. The zero-order chi connectivity index (χ0) is 9.56. The van der Waals surface area contributed by atoms with Crippen molar-refractivity contribution in [3.05, 3.63) is 24.3 Å². The van der Waals surface area contributed by atoms with Gasteiger partial charge in [-0.2, -0.15) is 4.21 Å². The Hall–Kier alpha value is -1.11. The molecule has 0 aliphatic rings. The molecule has 0 amide bonds. The topological polar surface area (TPSA) is 98.0 Å². The van der Waals surface area contributed by atoms with Crippen LogP contribution in [0.4, 0.5) is 0 Å². The van der Waals surface area contributed by atoms with Crippen molar-refractivity contribution in [1.82, 2.24) is 0 Å². The molecule has 12 heavy (non-hydrogen) atoms. The summed E-state index contributed by atoms with van der Waals surface area (Å²) >= 11 is -2.61. The first kappa shape index (κ1) is 10.9. The summed E-state index contributed by atoms with van der Waals surface area (Å²) in [7, 11) is 0. The first-order valence-electron chi connectivity index (χ1n) is 2.80. The van der Waals surface area contributed by atoms with E-state index in [1.165, 1.54) is 24.3 Å². The van der Waals surface area contributed by atoms with Crippen LogP contribution in [0.5, 0.6) is 11.5 Å². The van der Waals surface area contributed by atoms with Gasteiger partial charge in [-0.15, -0.1) is 0 Å². The minimum absolute atomic E-state index is 0.169. The van der Waals surface area contributed by atoms with Gasteiger partial charge in [0.1, 0.15) is 11.5 Å². The van der Waals surface area contributed by atoms with Gasteiger partial charge in [0.2, 0.25) is 0 Å². The minimum atomic E-state index is -2.61. The Kier molecular flexibility index (Phi) is 5.02. The van der Waals surface area contributed by atoms with Gasteiger partial charge in [-0.25, -0.2) is 0 Å². The molecule has 5 nitrogen and oxygen atoms in total. The van der Waals surface area contributed by atoms with Crippen LogP contribution >= 0.6 is 0 Å². The molecule has 0 atom stereocenters. The number of aromatic hydroxyl groups is 2. The zero-order valence-corrected chi connectivity index (χ0v) is 6.73. The van der Waals surface area contributed by atoms with Crippen LogP contribution in [0.3, 0.4) is 0 Å². The maximum Gasteiger partial charge on any atom is 0.299 e. The monoisotopic (exact) mass is 192 g/mol. The summed E-state index contributed by atoms with van der Waals surface area (Å²) in [6.45, 7) is 0. The molecule has 0 bridgehead atoms. The lowest BCUT2D eigenvalue weighted by atomic mass is 10.3. The molecule has 0 aliphatic carbocycles. The maximum absolute atomic E-state index is 8.67. The molecule has 0 unspecified atom stereocenters. The van der Waals surface area contributed by atoms with E-state index in [1.54, 1.807) is 0 Å². The first-order valence-corrected chi connectivity index (χ1v) is 3.86. The van der Waals surface area contributed by atoms with Crippen LogP contribution in [0.15, 0.2) is 24.3 Å². The minimum Gasteiger partial charge on any atom is -0.508 e. The highest BCUT2D eigenvalue weighted by molar-refractivity contribution is 7.73. The van der Waals surface area contributed by atoms with Gasteiger partial charge in [0.15, 0.2) is 0 Å². The van der Waals surface area contributed by atoms with Crippen LogP contribution in [0, 0.1) is 0 Å². The highest BCUT2D eigenvalue weighted by Gasteiger charge is 1.84. The molecule has 0 aromatic heterocycles. The first-order chi connectivity index (χ1) is 5.52. The molecule has 6 heteroatoms. The summed E-state index contributed by atoms with van der Waals surface area (Å²) in [5, 5.41) is 17.3. The molecule has 0 radical (unpaired) electrons. The largest absolute Gasteiger partial charge is 0.508 e. The second kappa shape index (κ2) is 5.53. The smallest absolute Gasteiger partial charge is 0.299 e. The van der Waals surface area contributed by atoms with Crippen LogP contribution in [-0.4, -0.2) is 23.5 Å². The van der Waals surface area contributed by atoms with Gasteiger partial charge in [-0.3, -0.25) is 9.11 Å². The van der Waals surface area contributed by atoms with E-state index in [1.807, 2.05) is 0 Å². The van der Waals surface area contributed by atoms with Crippen LogP contribution in [0.1, 0.15) is 0 Å². The third-order valence-electron chi connectivity index (χ3n) is 0.850. The lowest BCUT2D eigenvalue weighted by Crippen LogP contribution is -1.74. The van der Waals surface area contributed by atoms with E-state index < -0.39 is 11.4 Å². The van der Waals surface area contributed by atoms with E-state index in [-0.39, 0.29) is 11.5 Å². The second-order valence-electron chi connectivity index (χ2n) is 1.75. The Labute approximate surface area is 71.4 Å². The van der Waals surface area contributed by atoms with Crippen molar-refractivity contribution in [3.8, 4) is 11.5 Å². The molecule has 68 valence electrons. The molecule has 1 aromatic rings. The fourth-order valence-corrected chi connectivity index (χ4v) is 0.453. The zero-order valence-electron chi connectivity index (χ0n) is 5.91. The number of rotatable bonds is 0. The molecule has 0 heterocycles. The SMILES string of the molecule is O=S(O)O.Oc1ccc(O)cc1. The van der Waals surface area contributed by atoms with Crippen molar-refractivity contribution >= 4 is 11.4 Å². The highest BCUT2D eigenvalue weighted by Crippen LogP contribution is 2.13. The predicted octanol–water partition coefficient (Wildman–Crippen LogP) is 0.779. The van der Waals surface area contributed by atoms with Crippen molar-refractivity contribution in [3.63, 3.8) is 0 Å². The molecule has 0 saturated carbocycles. The average Bonchev–Trinajstić information content (AvgIpc) is 1.94. The van der Waals surface area contributed by atoms with Crippen molar-refractivity contribution in [2.24, 2.45) is 0 Å². The quantitative estimate of drug-likeness (QED) is 0.359. The Morgan fingerprint density at radius 1 is 0.917 bits per heavy atom. The summed E-state index contributed by atoms with van der Waals surface area (Å²) in [4.78, 5) is 0. The Bertz CT molecular complexity index is 220. The van der Waals surface area contributed by atoms with Gasteiger partial charge in [0.25, 0.3) is 11.4 Å². The van der Waals surface area contributed by atoms with E-state index in [9.17, 15) is 0 Å². The standard InChI is InChI=1S/C6H6O2.H2O3S/c7-5-1-2-6(8)4-3-5;1-4(2)3/h1-4,7-8H;(H2,1,2,3).